The van der Waals surface area contributed by atoms with Crippen LogP contribution in [0.25, 0.3) is 0 Å². The van der Waals surface area contributed by atoms with Crippen LogP contribution in [0.1, 0.15) is 33.0 Å². The Morgan fingerprint density at radius 2 is 2.05 bits per heavy atom. The van der Waals surface area contributed by atoms with Gasteiger partial charge in [0.05, 0.1) is 10.7 Å². The highest BCUT2D eigenvalue weighted by molar-refractivity contribution is 7.09. The first-order valence-corrected chi connectivity index (χ1v) is 7.62. The molecule has 0 aliphatic heterocycles. The smallest absolute Gasteiger partial charge is 0.164 e. The van der Waals surface area contributed by atoms with Crippen LogP contribution < -0.4 is 0 Å². The maximum Gasteiger partial charge on any atom is 0.164 e. The van der Waals surface area contributed by atoms with Gasteiger partial charge in [-0.15, -0.1) is 11.3 Å². The Hall–Kier alpha value is -1.52. The standard InChI is InChI=1S/C16H20N2OS/c1-12-6-4-5-7-15(12)16(19)8-9-18(3)10-14-11-20-13(2)17-14/h4-7,11H,8-10H2,1-3H3. The second-order valence-corrected chi connectivity index (χ2v) is 6.15. The van der Waals surface area contributed by atoms with E-state index in [9.17, 15) is 4.79 Å². The van der Waals surface area contributed by atoms with Crippen molar-refractivity contribution < 1.29 is 4.79 Å². The van der Waals surface area contributed by atoms with Crippen LogP contribution in [0.15, 0.2) is 29.6 Å². The molecule has 0 spiro atoms. The molecule has 20 heavy (non-hydrogen) atoms. The molecule has 4 heteroatoms. The summed E-state index contributed by atoms with van der Waals surface area (Å²) in [6.07, 6.45) is 0.546. The Balaban J connectivity index is 1.85. The molecule has 1 heterocycles. The van der Waals surface area contributed by atoms with Gasteiger partial charge >= 0.3 is 0 Å². The number of nitrogens with zero attached hydrogens (tertiary/aromatic N) is 2. The van der Waals surface area contributed by atoms with Crippen molar-refractivity contribution in [1.82, 2.24) is 9.88 Å². The molecule has 0 aliphatic rings. The molecular formula is C16H20N2OS. The summed E-state index contributed by atoms with van der Waals surface area (Å²) < 4.78 is 0. The Morgan fingerprint density at radius 1 is 1.30 bits per heavy atom. The van der Waals surface area contributed by atoms with Crippen molar-refractivity contribution >= 4 is 17.1 Å². The van der Waals surface area contributed by atoms with Crippen LogP contribution in [-0.4, -0.2) is 29.3 Å². The molecule has 0 fully saturated rings. The molecule has 0 atom stereocenters. The maximum absolute atomic E-state index is 12.2. The van der Waals surface area contributed by atoms with Crippen LogP contribution in [0.3, 0.4) is 0 Å². The molecule has 0 saturated heterocycles. The molecule has 1 aromatic carbocycles. The van der Waals surface area contributed by atoms with Crippen molar-refractivity contribution in [3.63, 3.8) is 0 Å². The number of aromatic nitrogens is 1. The highest BCUT2D eigenvalue weighted by atomic mass is 32.1. The zero-order valence-corrected chi connectivity index (χ0v) is 13.0. The van der Waals surface area contributed by atoms with E-state index in [2.05, 4.69) is 15.3 Å². The molecular weight excluding hydrogens is 268 g/mol. The molecule has 106 valence electrons. The Kier molecular flexibility index (Phi) is 5.04. The average Bonchev–Trinajstić information content (AvgIpc) is 2.82. The van der Waals surface area contributed by atoms with Gasteiger partial charge in [0.2, 0.25) is 0 Å². The number of hydrogen-bond donors (Lipinski definition) is 0. The monoisotopic (exact) mass is 288 g/mol. The van der Waals surface area contributed by atoms with Gasteiger partial charge in [0.15, 0.2) is 5.78 Å². The number of aryl methyl sites for hydroxylation is 2. The second kappa shape index (κ2) is 6.77. The topological polar surface area (TPSA) is 33.2 Å². The molecule has 2 rings (SSSR count). The molecule has 0 saturated carbocycles. The number of rotatable bonds is 6. The molecule has 0 unspecified atom stereocenters. The first-order chi connectivity index (χ1) is 9.56. The predicted molar refractivity (Wildman–Crippen MR) is 83.3 cm³/mol. The van der Waals surface area contributed by atoms with Crippen molar-refractivity contribution in [2.75, 3.05) is 13.6 Å². The summed E-state index contributed by atoms with van der Waals surface area (Å²) in [5, 5.41) is 3.17. The lowest BCUT2D eigenvalue weighted by molar-refractivity contribution is 0.0967. The van der Waals surface area contributed by atoms with E-state index in [4.69, 9.17) is 0 Å². The lowest BCUT2D eigenvalue weighted by Crippen LogP contribution is -2.22. The lowest BCUT2D eigenvalue weighted by Gasteiger charge is -2.15. The molecule has 1 aromatic heterocycles. The van der Waals surface area contributed by atoms with E-state index in [-0.39, 0.29) is 5.78 Å². The highest BCUT2D eigenvalue weighted by Gasteiger charge is 2.10. The zero-order chi connectivity index (χ0) is 14.5. The molecule has 2 aromatic rings. The van der Waals surface area contributed by atoms with Crippen LogP contribution in [0, 0.1) is 13.8 Å². The summed E-state index contributed by atoms with van der Waals surface area (Å²) in [6, 6.07) is 7.77. The summed E-state index contributed by atoms with van der Waals surface area (Å²) in [6.45, 7) is 5.54. The number of ketones is 1. The van der Waals surface area contributed by atoms with Crippen molar-refractivity contribution in [3.05, 3.63) is 51.5 Å². The second-order valence-electron chi connectivity index (χ2n) is 5.08. The van der Waals surface area contributed by atoms with Crippen molar-refractivity contribution in [2.24, 2.45) is 0 Å². The number of Topliss-reactive ketones (excluding diaryl/α,β-unsaturated/α-hetero) is 1. The van der Waals surface area contributed by atoms with E-state index in [0.29, 0.717) is 6.42 Å². The largest absolute Gasteiger partial charge is 0.300 e. The van der Waals surface area contributed by atoms with Gasteiger partial charge in [-0.25, -0.2) is 4.98 Å². The fraction of sp³-hybridized carbons (Fsp3) is 0.375. The molecule has 0 aliphatic carbocycles. The molecule has 0 bridgehead atoms. The van der Waals surface area contributed by atoms with E-state index in [1.54, 1.807) is 11.3 Å². The fourth-order valence-corrected chi connectivity index (χ4v) is 2.75. The van der Waals surface area contributed by atoms with Gasteiger partial charge < -0.3 is 4.90 Å². The molecule has 3 nitrogen and oxygen atoms in total. The fourth-order valence-electron chi connectivity index (χ4n) is 2.15. The summed E-state index contributed by atoms with van der Waals surface area (Å²) in [5.74, 6) is 0.212. The lowest BCUT2D eigenvalue weighted by atomic mass is 10.0. The number of benzene rings is 1. The Labute approximate surface area is 124 Å². The van der Waals surface area contributed by atoms with Gasteiger partial charge in [0.25, 0.3) is 0 Å². The highest BCUT2D eigenvalue weighted by Crippen LogP contribution is 2.12. The minimum absolute atomic E-state index is 0.212. The average molecular weight is 288 g/mol. The summed E-state index contributed by atoms with van der Waals surface area (Å²) in [7, 11) is 2.03. The first kappa shape index (κ1) is 14.9. The Bertz CT molecular complexity index is 592. The van der Waals surface area contributed by atoms with Gasteiger partial charge in [0, 0.05) is 30.5 Å². The number of thiazole rings is 1. The minimum atomic E-state index is 0.212. The zero-order valence-electron chi connectivity index (χ0n) is 12.2. The predicted octanol–water partition coefficient (Wildman–Crippen LogP) is 3.46. The molecule has 0 radical (unpaired) electrons. The minimum Gasteiger partial charge on any atom is -0.300 e. The van der Waals surface area contributed by atoms with Crippen molar-refractivity contribution in [1.29, 1.82) is 0 Å². The molecule has 0 N–H and O–H groups in total. The number of carbonyl (C=O) groups is 1. The summed E-state index contributed by atoms with van der Waals surface area (Å²) in [5.41, 5.74) is 2.97. The van der Waals surface area contributed by atoms with E-state index < -0.39 is 0 Å². The SMILES string of the molecule is Cc1nc(CN(C)CCC(=O)c2ccccc2C)cs1. The normalized spacial score (nSPS) is 11.0. The molecule has 0 amide bonds. The summed E-state index contributed by atoms with van der Waals surface area (Å²) >= 11 is 1.66. The van der Waals surface area contributed by atoms with Gasteiger partial charge in [0.1, 0.15) is 0 Å². The van der Waals surface area contributed by atoms with Crippen molar-refractivity contribution in [3.8, 4) is 0 Å². The quantitative estimate of drug-likeness (QED) is 0.763. The van der Waals surface area contributed by atoms with Crippen LogP contribution in [0.4, 0.5) is 0 Å². The van der Waals surface area contributed by atoms with Gasteiger partial charge in [-0.05, 0) is 26.5 Å². The Morgan fingerprint density at radius 3 is 2.70 bits per heavy atom. The third kappa shape index (κ3) is 3.99. The summed E-state index contributed by atoms with van der Waals surface area (Å²) in [4.78, 5) is 18.8. The van der Waals surface area contributed by atoms with Gasteiger partial charge in [-0.2, -0.15) is 0 Å². The van der Waals surface area contributed by atoms with Gasteiger partial charge in [-0.3, -0.25) is 4.79 Å². The maximum atomic E-state index is 12.2. The van der Waals surface area contributed by atoms with Gasteiger partial charge in [-0.1, -0.05) is 24.3 Å². The number of hydrogen-bond acceptors (Lipinski definition) is 4. The van der Waals surface area contributed by atoms with E-state index in [1.807, 2.05) is 45.2 Å². The van der Waals surface area contributed by atoms with Crippen molar-refractivity contribution in [2.45, 2.75) is 26.8 Å². The van der Waals surface area contributed by atoms with Crippen LogP contribution in [0.2, 0.25) is 0 Å². The van der Waals surface area contributed by atoms with Crippen LogP contribution in [0.5, 0.6) is 0 Å². The van der Waals surface area contributed by atoms with Crippen LogP contribution >= 0.6 is 11.3 Å². The first-order valence-electron chi connectivity index (χ1n) is 6.74. The van der Waals surface area contributed by atoms with E-state index >= 15 is 0 Å². The van der Waals surface area contributed by atoms with E-state index in [1.165, 1.54) is 0 Å². The third-order valence-corrected chi connectivity index (χ3v) is 4.09. The number of carbonyl (C=O) groups excluding carboxylic acids is 1. The third-order valence-electron chi connectivity index (χ3n) is 3.26. The van der Waals surface area contributed by atoms with E-state index in [0.717, 1.165) is 34.9 Å². The van der Waals surface area contributed by atoms with Crippen LogP contribution in [-0.2, 0) is 6.54 Å².